The lowest BCUT2D eigenvalue weighted by atomic mass is 9.98. The monoisotopic (exact) mass is 654 g/mol. The minimum absolute atomic E-state index is 0.403. The first kappa shape index (κ1) is 31.1. The summed E-state index contributed by atoms with van der Waals surface area (Å²) >= 11 is 0. The molecular formula is C44H38N4O2. The van der Waals surface area contributed by atoms with Crippen molar-refractivity contribution in [3.63, 3.8) is 0 Å². The number of rotatable bonds is 9. The van der Waals surface area contributed by atoms with Crippen LogP contribution in [0, 0.1) is 13.8 Å². The molecule has 6 nitrogen and oxygen atoms in total. The number of pyridine rings is 1. The molecule has 246 valence electrons. The molecule has 6 heteroatoms. The van der Waals surface area contributed by atoms with E-state index in [1.54, 1.807) is 0 Å². The molecule has 0 aliphatic carbocycles. The second-order valence-electron chi connectivity index (χ2n) is 13.1. The Labute approximate surface area is 292 Å². The first-order valence-electron chi connectivity index (χ1n) is 17.0. The number of hydrogen-bond donors (Lipinski definition) is 0. The Hall–Kier alpha value is -6.14. The Morgan fingerprint density at radius 3 is 2.26 bits per heavy atom. The standard InChI is InChI=1S/C44H38N4O2/c1-29(2)33-19-20-45-43(23-33)48-41-16-9-8-15-39(41)40-18-17-37(25-42(40)48)50-36-14-10-13-35(24-36)47-27-34(26-46-47)44-30(3)21-38(22-31(44)4)49-28-32-11-6-5-7-12-32/h5-27,29H,28H2,1-4H3. The van der Waals surface area contributed by atoms with Crippen LogP contribution in [-0.4, -0.2) is 19.3 Å². The van der Waals surface area contributed by atoms with Gasteiger partial charge in [0.2, 0.25) is 0 Å². The molecule has 0 aliphatic rings. The summed E-state index contributed by atoms with van der Waals surface area (Å²) in [4.78, 5) is 4.79. The van der Waals surface area contributed by atoms with E-state index in [1.165, 1.54) is 10.9 Å². The fourth-order valence-electron chi connectivity index (χ4n) is 6.80. The molecule has 0 fully saturated rings. The van der Waals surface area contributed by atoms with Crippen molar-refractivity contribution in [2.24, 2.45) is 0 Å². The van der Waals surface area contributed by atoms with Gasteiger partial charge in [0.1, 0.15) is 29.7 Å². The number of aromatic nitrogens is 4. The third-order valence-corrected chi connectivity index (χ3v) is 9.25. The molecule has 0 saturated heterocycles. The summed E-state index contributed by atoms with van der Waals surface area (Å²) < 4.78 is 16.8. The summed E-state index contributed by atoms with van der Waals surface area (Å²) in [5, 5.41) is 7.08. The van der Waals surface area contributed by atoms with Gasteiger partial charge in [0.15, 0.2) is 0 Å². The second-order valence-corrected chi connectivity index (χ2v) is 13.1. The van der Waals surface area contributed by atoms with E-state index in [2.05, 4.69) is 111 Å². The van der Waals surface area contributed by atoms with Gasteiger partial charge >= 0.3 is 0 Å². The molecular weight excluding hydrogens is 617 g/mol. The third-order valence-electron chi connectivity index (χ3n) is 9.25. The normalized spacial score (nSPS) is 11.5. The van der Waals surface area contributed by atoms with Gasteiger partial charge in [-0.05, 0) is 102 Å². The molecule has 3 heterocycles. The molecule has 5 aromatic carbocycles. The van der Waals surface area contributed by atoms with Crippen molar-refractivity contribution in [1.82, 2.24) is 19.3 Å². The first-order chi connectivity index (χ1) is 24.4. The Bertz CT molecular complexity index is 2450. The van der Waals surface area contributed by atoms with E-state index in [9.17, 15) is 0 Å². The molecule has 0 unspecified atom stereocenters. The van der Waals surface area contributed by atoms with Gasteiger partial charge in [-0.25, -0.2) is 9.67 Å². The summed E-state index contributed by atoms with van der Waals surface area (Å²) in [5.74, 6) is 3.65. The van der Waals surface area contributed by atoms with Gasteiger partial charge < -0.3 is 9.47 Å². The first-order valence-corrected chi connectivity index (χ1v) is 17.0. The SMILES string of the molecule is Cc1cc(OCc2ccccc2)cc(C)c1-c1cnn(-c2cccc(Oc3ccc4c5ccccc5n(-c5cc(C(C)C)ccn5)c4c3)c2)c1. The van der Waals surface area contributed by atoms with Crippen molar-refractivity contribution in [3.8, 4) is 39.9 Å². The van der Waals surface area contributed by atoms with Crippen LogP contribution in [0.2, 0.25) is 0 Å². The molecule has 0 bridgehead atoms. The fourth-order valence-corrected chi connectivity index (χ4v) is 6.80. The minimum Gasteiger partial charge on any atom is -0.489 e. The quantitative estimate of drug-likeness (QED) is 0.155. The molecule has 0 N–H and O–H groups in total. The topological polar surface area (TPSA) is 54.1 Å². The van der Waals surface area contributed by atoms with Gasteiger partial charge in [-0.3, -0.25) is 4.57 Å². The number of hydrogen-bond acceptors (Lipinski definition) is 4. The van der Waals surface area contributed by atoms with Gasteiger partial charge in [0.25, 0.3) is 0 Å². The minimum atomic E-state index is 0.403. The molecule has 8 rings (SSSR count). The highest BCUT2D eigenvalue weighted by molar-refractivity contribution is 6.09. The predicted octanol–water partition coefficient (Wildman–Crippen LogP) is 11.1. The zero-order valence-electron chi connectivity index (χ0n) is 28.7. The van der Waals surface area contributed by atoms with Crippen LogP contribution in [0.15, 0.2) is 140 Å². The van der Waals surface area contributed by atoms with Gasteiger partial charge in [-0.15, -0.1) is 0 Å². The molecule has 50 heavy (non-hydrogen) atoms. The summed E-state index contributed by atoms with van der Waals surface area (Å²) in [5.41, 5.74) is 9.97. The zero-order valence-corrected chi connectivity index (χ0v) is 28.7. The van der Waals surface area contributed by atoms with E-state index < -0.39 is 0 Å². The maximum absolute atomic E-state index is 6.51. The highest BCUT2D eigenvalue weighted by atomic mass is 16.5. The van der Waals surface area contributed by atoms with Gasteiger partial charge in [0.05, 0.1) is 22.9 Å². The van der Waals surface area contributed by atoms with Crippen molar-refractivity contribution in [2.45, 2.75) is 40.2 Å². The third kappa shape index (κ3) is 6.01. The Morgan fingerprint density at radius 1 is 0.680 bits per heavy atom. The van der Waals surface area contributed by atoms with E-state index >= 15 is 0 Å². The number of ether oxygens (including phenoxy) is 2. The van der Waals surface area contributed by atoms with Crippen LogP contribution in [0.3, 0.4) is 0 Å². The largest absolute Gasteiger partial charge is 0.489 e. The Balaban J connectivity index is 1.07. The molecule has 3 aromatic heterocycles. The average molecular weight is 655 g/mol. The van der Waals surface area contributed by atoms with Crippen LogP contribution >= 0.6 is 0 Å². The van der Waals surface area contributed by atoms with Crippen molar-refractivity contribution in [1.29, 1.82) is 0 Å². The zero-order chi connectivity index (χ0) is 34.2. The molecule has 0 amide bonds. The van der Waals surface area contributed by atoms with E-state index in [4.69, 9.17) is 19.6 Å². The summed E-state index contributed by atoms with van der Waals surface area (Å²) in [6.45, 7) is 9.19. The van der Waals surface area contributed by atoms with Crippen molar-refractivity contribution in [3.05, 3.63) is 162 Å². The van der Waals surface area contributed by atoms with Gasteiger partial charge in [0, 0.05) is 40.9 Å². The number of aryl methyl sites for hydroxylation is 2. The Kier molecular flexibility index (Phi) is 8.13. The maximum atomic E-state index is 6.51. The summed E-state index contributed by atoms with van der Waals surface area (Å²) in [7, 11) is 0. The lowest BCUT2D eigenvalue weighted by Gasteiger charge is -2.13. The highest BCUT2D eigenvalue weighted by Crippen LogP contribution is 2.36. The number of para-hydroxylation sites is 1. The van der Waals surface area contributed by atoms with E-state index in [0.29, 0.717) is 12.5 Å². The molecule has 0 saturated carbocycles. The lowest BCUT2D eigenvalue weighted by molar-refractivity contribution is 0.306. The molecule has 8 aromatic rings. The van der Waals surface area contributed by atoms with Gasteiger partial charge in [-0.1, -0.05) is 68.4 Å². The smallest absolute Gasteiger partial charge is 0.137 e. The number of benzene rings is 5. The van der Waals surface area contributed by atoms with Crippen LogP contribution in [0.25, 0.3) is 44.4 Å². The maximum Gasteiger partial charge on any atom is 0.137 e. The molecule has 0 radical (unpaired) electrons. The van der Waals surface area contributed by atoms with E-state index in [1.807, 2.05) is 65.6 Å². The van der Waals surface area contributed by atoms with Crippen LogP contribution in [-0.2, 0) is 6.61 Å². The van der Waals surface area contributed by atoms with Crippen LogP contribution in [0.4, 0.5) is 0 Å². The van der Waals surface area contributed by atoms with Crippen molar-refractivity contribution >= 4 is 21.8 Å². The van der Waals surface area contributed by atoms with Crippen LogP contribution in [0.1, 0.15) is 42.0 Å². The van der Waals surface area contributed by atoms with Crippen LogP contribution in [0.5, 0.6) is 17.2 Å². The lowest BCUT2D eigenvalue weighted by Crippen LogP contribution is -1.99. The van der Waals surface area contributed by atoms with Crippen molar-refractivity contribution < 1.29 is 9.47 Å². The summed E-state index contributed by atoms with van der Waals surface area (Å²) in [6.07, 6.45) is 5.89. The van der Waals surface area contributed by atoms with E-state index in [0.717, 1.165) is 73.0 Å². The highest BCUT2D eigenvalue weighted by Gasteiger charge is 2.16. The molecule has 0 atom stereocenters. The molecule has 0 spiro atoms. The average Bonchev–Trinajstić information content (AvgIpc) is 3.74. The molecule has 0 aliphatic heterocycles. The second kappa shape index (κ2) is 13.1. The Morgan fingerprint density at radius 2 is 1.44 bits per heavy atom. The van der Waals surface area contributed by atoms with Crippen molar-refractivity contribution in [2.75, 3.05) is 0 Å². The van der Waals surface area contributed by atoms with Crippen LogP contribution < -0.4 is 9.47 Å². The number of nitrogens with zero attached hydrogens (tertiary/aromatic N) is 4. The van der Waals surface area contributed by atoms with E-state index in [-0.39, 0.29) is 0 Å². The number of fused-ring (bicyclic) bond motifs is 3. The summed E-state index contributed by atoms with van der Waals surface area (Å²) in [6, 6.07) is 41.5. The fraction of sp³-hybridized carbons (Fsp3) is 0.136. The van der Waals surface area contributed by atoms with Gasteiger partial charge in [-0.2, -0.15) is 5.10 Å². The predicted molar refractivity (Wildman–Crippen MR) is 202 cm³/mol.